The van der Waals surface area contributed by atoms with Crippen LogP contribution in [0.5, 0.6) is 5.88 Å². The van der Waals surface area contributed by atoms with Gasteiger partial charge in [0.15, 0.2) is 0 Å². The van der Waals surface area contributed by atoms with Crippen molar-refractivity contribution in [3.8, 4) is 5.88 Å². The monoisotopic (exact) mass is 222 g/mol. The van der Waals surface area contributed by atoms with Crippen LogP contribution in [0.15, 0.2) is 12.3 Å². The average Bonchev–Trinajstić information content (AvgIpc) is 2.39. The van der Waals surface area contributed by atoms with Gasteiger partial charge in [0.2, 0.25) is 18.2 Å². The van der Waals surface area contributed by atoms with Gasteiger partial charge < -0.3 is 14.5 Å². The third kappa shape index (κ3) is 2.21. The van der Waals surface area contributed by atoms with E-state index >= 15 is 0 Å². The number of amides is 1. The molecule has 0 unspecified atom stereocenters. The summed E-state index contributed by atoms with van der Waals surface area (Å²) in [5, 5.41) is 0. The molecule has 1 aliphatic heterocycles. The maximum atomic E-state index is 10.6. The van der Waals surface area contributed by atoms with Crippen LogP contribution < -0.4 is 9.64 Å². The van der Waals surface area contributed by atoms with Crippen LogP contribution >= 0.6 is 0 Å². The number of anilines is 1. The lowest BCUT2D eigenvalue weighted by molar-refractivity contribution is -0.118. The summed E-state index contributed by atoms with van der Waals surface area (Å²) < 4.78 is 5.04. The van der Waals surface area contributed by atoms with Crippen molar-refractivity contribution in [2.24, 2.45) is 0 Å². The van der Waals surface area contributed by atoms with E-state index in [1.807, 2.05) is 4.90 Å². The van der Waals surface area contributed by atoms with Crippen LogP contribution in [0.3, 0.4) is 0 Å². The van der Waals surface area contributed by atoms with Gasteiger partial charge in [-0.15, -0.1) is 0 Å². The SMILES string of the molecule is COc1ccnc(N2CCN(C=O)CC2)n1. The van der Waals surface area contributed by atoms with Crippen molar-refractivity contribution in [1.82, 2.24) is 14.9 Å². The number of methoxy groups -OCH3 is 1. The third-order valence-electron chi connectivity index (χ3n) is 2.57. The molecule has 6 heteroatoms. The number of aromatic nitrogens is 2. The summed E-state index contributed by atoms with van der Waals surface area (Å²) in [6.07, 6.45) is 2.55. The minimum atomic E-state index is 0.558. The highest BCUT2D eigenvalue weighted by molar-refractivity contribution is 5.48. The highest BCUT2D eigenvalue weighted by Gasteiger charge is 2.17. The summed E-state index contributed by atoms with van der Waals surface area (Å²) in [5.41, 5.74) is 0. The zero-order chi connectivity index (χ0) is 11.4. The summed E-state index contributed by atoms with van der Waals surface area (Å²) >= 11 is 0. The number of piperazine rings is 1. The predicted octanol–water partition coefficient (Wildman–Crippen LogP) is -0.236. The maximum Gasteiger partial charge on any atom is 0.228 e. The molecular weight excluding hydrogens is 208 g/mol. The molecule has 6 nitrogen and oxygen atoms in total. The van der Waals surface area contributed by atoms with Crippen LogP contribution in [0.2, 0.25) is 0 Å². The molecule has 16 heavy (non-hydrogen) atoms. The predicted molar refractivity (Wildman–Crippen MR) is 58.4 cm³/mol. The molecule has 86 valence electrons. The van der Waals surface area contributed by atoms with E-state index in [4.69, 9.17) is 4.74 Å². The Labute approximate surface area is 93.8 Å². The quantitative estimate of drug-likeness (QED) is 0.661. The van der Waals surface area contributed by atoms with Crippen LogP contribution in [0.4, 0.5) is 5.95 Å². The van der Waals surface area contributed by atoms with Crippen LogP contribution in [0.25, 0.3) is 0 Å². The lowest BCUT2D eigenvalue weighted by atomic mass is 10.3. The number of carbonyl (C=O) groups is 1. The first-order valence-electron chi connectivity index (χ1n) is 5.15. The van der Waals surface area contributed by atoms with E-state index in [9.17, 15) is 4.79 Å². The Bertz CT molecular complexity index is 364. The van der Waals surface area contributed by atoms with Crippen LogP contribution in [0, 0.1) is 0 Å². The van der Waals surface area contributed by atoms with Crippen molar-refractivity contribution in [3.05, 3.63) is 12.3 Å². The second-order valence-electron chi connectivity index (χ2n) is 3.53. The molecule has 1 saturated heterocycles. The van der Waals surface area contributed by atoms with E-state index in [1.54, 1.807) is 24.3 Å². The summed E-state index contributed by atoms with van der Waals surface area (Å²) in [7, 11) is 1.58. The molecule has 1 amide bonds. The first-order chi connectivity index (χ1) is 7.83. The second kappa shape index (κ2) is 4.78. The standard InChI is InChI=1S/C10H14N4O2/c1-16-9-2-3-11-10(12-9)14-6-4-13(8-15)5-7-14/h2-3,8H,4-7H2,1H3. The highest BCUT2D eigenvalue weighted by atomic mass is 16.5. The second-order valence-corrected chi connectivity index (χ2v) is 3.53. The van der Waals surface area contributed by atoms with Crippen LogP contribution in [0.1, 0.15) is 0 Å². The van der Waals surface area contributed by atoms with Gasteiger partial charge in [0, 0.05) is 38.4 Å². The van der Waals surface area contributed by atoms with Gasteiger partial charge in [0.1, 0.15) is 0 Å². The number of nitrogens with zero attached hydrogens (tertiary/aromatic N) is 4. The van der Waals surface area contributed by atoms with Crippen molar-refractivity contribution in [2.45, 2.75) is 0 Å². The summed E-state index contributed by atoms with van der Waals surface area (Å²) in [6, 6.07) is 1.71. The zero-order valence-electron chi connectivity index (χ0n) is 9.17. The summed E-state index contributed by atoms with van der Waals surface area (Å²) in [4.78, 5) is 22.8. The minimum Gasteiger partial charge on any atom is -0.481 e. The first-order valence-corrected chi connectivity index (χ1v) is 5.15. The van der Waals surface area contributed by atoms with Gasteiger partial charge in [0.25, 0.3) is 0 Å². The third-order valence-corrected chi connectivity index (χ3v) is 2.57. The highest BCUT2D eigenvalue weighted by Crippen LogP contribution is 2.13. The van der Waals surface area contributed by atoms with Gasteiger partial charge in [-0.2, -0.15) is 4.98 Å². The number of hydrogen-bond donors (Lipinski definition) is 0. The Morgan fingerprint density at radius 1 is 1.38 bits per heavy atom. The van der Waals surface area contributed by atoms with Gasteiger partial charge in [-0.3, -0.25) is 4.79 Å². The van der Waals surface area contributed by atoms with Crippen LogP contribution in [-0.4, -0.2) is 54.6 Å². The molecule has 1 aromatic rings. The molecule has 0 radical (unpaired) electrons. The number of carbonyl (C=O) groups excluding carboxylic acids is 1. The van der Waals surface area contributed by atoms with Crippen molar-refractivity contribution >= 4 is 12.4 Å². The molecule has 0 bridgehead atoms. The fourth-order valence-electron chi connectivity index (χ4n) is 1.63. The average molecular weight is 222 g/mol. The van der Waals surface area contributed by atoms with E-state index in [2.05, 4.69) is 9.97 Å². The molecule has 0 saturated carbocycles. The van der Waals surface area contributed by atoms with E-state index in [0.717, 1.165) is 19.5 Å². The van der Waals surface area contributed by atoms with E-state index < -0.39 is 0 Å². The van der Waals surface area contributed by atoms with Gasteiger partial charge in [-0.05, 0) is 0 Å². The summed E-state index contributed by atoms with van der Waals surface area (Å²) in [6.45, 7) is 2.94. The molecule has 2 rings (SSSR count). The molecule has 1 aliphatic rings. The Morgan fingerprint density at radius 2 is 2.12 bits per heavy atom. The smallest absolute Gasteiger partial charge is 0.228 e. The lowest BCUT2D eigenvalue weighted by Gasteiger charge is -2.32. The fourth-order valence-corrected chi connectivity index (χ4v) is 1.63. The van der Waals surface area contributed by atoms with Gasteiger partial charge in [0.05, 0.1) is 7.11 Å². The molecule has 2 heterocycles. The largest absolute Gasteiger partial charge is 0.481 e. The zero-order valence-corrected chi connectivity index (χ0v) is 9.17. The van der Waals surface area contributed by atoms with Crippen molar-refractivity contribution in [1.29, 1.82) is 0 Å². The van der Waals surface area contributed by atoms with Crippen molar-refractivity contribution in [3.63, 3.8) is 0 Å². The molecule has 0 spiro atoms. The van der Waals surface area contributed by atoms with E-state index in [0.29, 0.717) is 24.9 Å². The molecule has 0 atom stereocenters. The summed E-state index contributed by atoms with van der Waals surface area (Å²) in [5.74, 6) is 1.22. The number of hydrogen-bond acceptors (Lipinski definition) is 5. The van der Waals surface area contributed by atoms with Gasteiger partial charge >= 0.3 is 0 Å². The molecule has 0 aliphatic carbocycles. The lowest BCUT2D eigenvalue weighted by Crippen LogP contribution is -2.46. The maximum absolute atomic E-state index is 10.6. The topological polar surface area (TPSA) is 58.6 Å². The Kier molecular flexibility index (Phi) is 3.19. The minimum absolute atomic E-state index is 0.558. The molecular formula is C10H14N4O2. The Morgan fingerprint density at radius 3 is 2.75 bits per heavy atom. The van der Waals surface area contributed by atoms with E-state index in [-0.39, 0.29) is 0 Å². The van der Waals surface area contributed by atoms with Gasteiger partial charge in [-0.25, -0.2) is 4.98 Å². The number of rotatable bonds is 3. The molecule has 0 N–H and O–H groups in total. The first kappa shape index (κ1) is 10.7. The van der Waals surface area contributed by atoms with Crippen LogP contribution in [-0.2, 0) is 4.79 Å². The van der Waals surface area contributed by atoms with Gasteiger partial charge in [-0.1, -0.05) is 0 Å². The van der Waals surface area contributed by atoms with Crippen molar-refractivity contribution in [2.75, 3.05) is 38.2 Å². The molecule has 0 aromatic carbocycles. The van der Waals surface area contributed by atoms with E-state index in [1.165, 1.54) is 0 Å². The molecule has 1 aromatic heterocycles. The normalized spacial score (nSPS) is 16.1. The van der Waals surface area contributed by atoms with Crippen molar-refractivity contribution < 1.29 is 9.53 Å². The Balaban J connectivity index is 2.04. The molecule has 1 fully saturated rings. The Hall–Kier alpha value is -1.85. The fraction of sp³-hybridized carbons (Fsp3) is 0.500. The number of ether oxygens (including phenoxy) is 1.